The first-order valence-electron chi connectivity index (χ1n) is 7.27. The summed E-state index contributed by atoms with van der Waals surface area (Å²) in [7, 11) is 0. The highest BCUT2D eigenvalue weighted by Gasteiger charge is 2.25. The molecule has 5 nitrogen and oxygen atoms in total. The van der Waals surface area contributed by atoms with E-state index in [1.54, 1.807) is 6.92 Å². The maximum Gasteiger partial charge on any atom is 0.186 e. The molecule has 0 aliphatic carbocycles. The number of nitrogens with zero attached hydrogens (tertiary/aromatic N) is 3. The Hall–Kier alpha value is -1.27. The molecule has 1 unspecified atom stereocenters. The first-order chi connectivity index (χ1) is 9.65. The van der Waals surface area contributed by atoms with Crippen molar-refractivity contribution in [2.45, 2.75) is 33.3 Å². The van der Waals surface area contributed by atoms with Crippen LogP contribution >= 0.6 is 0 Å². The fourth-order valence-electron chi connectivity index (χ4n) is 2.39. The molecule has 0 radical (unpaired) electrons. The van der Waals surface area contributed by atoms with Crippen LogP contribution in [0.15, 0.2) is 0 Å². The van der Waals surface area contributed by atoms with E-state index in [0.29, 0.717) is 24.7 Å². The van der Waals surface area contributed by atoms with Crippen molar-refractivity contribution in [2.24, 2.45) is 0 Å². The van der Waals surface area contributed by atoms with Crippen molar-refractivity contribution in [3.05, 3.63) is 17.3 Å². The van der Waals surface area contributed by atoms with Crippen LogP contribution in [0.4, 0.5) is 10.2 Å². The standard InChI is InChI=1S/C14H23FN4O/c1-4-6-19-7-8-20-11(9-19)13-17-10(3)12(15)14(18-13)16-5-2/h11H,4-9H2,1-3H3,(H,16,17,18). The highest BCUT2D eigenvalue weighted by molar-refractivity contribution is 5.38. The minimum atomic E-state index is -0.378. The predicted octanol–water partition coefficient (Wildman–Crippen LogP) is 2.14. The minimum absolute atomic E-state index is 0.174. The Morgan fingerprint density at radius 1 is 1.40 bits per heavy atom. The number of anilines is 1. The van der Waals surface area contributed by atoms with Crippen LogP contribution in [0.2, 0.25) is 0 Å². The maximum atomic E-state index is 13.9. The SMILES string of the molecule is CCCN1CCOC(c2nc(C)c(F)c(NCC)n2)C1. The molecule has 0 bridgehead atoms. The number of halogens is 1. The van der Waals surface area contributed by atoms with E-state index < -0.39 is 0 Å². The first kappa shape index (κ1) is 15.1. The van der Waals surface area contributed by atoms with Gasteiger partial charge in [-0.05, 0) is 26.8 Å². The summed E-state index contributed by atoms with van der Waals surface area (Å²) in [5.74, 6) is 0.462. The van der Waals surface area contributed by atoms with Crippen LogP contribution in [0.1, 0.15) is 37.9 Å². The average molecular weight is 282 g/mol. The van der Waals surface area contributed by atoms with Gasteiger partial charge in [-0.15, -0.1) is 0 Å². The average Bonchev–Trinajstić information content (AvgIpc) is 2.44. The van der Waals surface area contributed by atoms with Gasteiger partial charge in [0.1, 0.15) is 6.10 Å². The molecule has 1 aromatic rings. The third-order valence-corrected chi connectivity index (χ3v) is 3.36. The van der Waals surface area contributed by atoms with E-state index in [1.807, 2.05) is 6.92 Å². The molecule has 1 saturated heterocycles. The Bertz CT molecular complexity index is 453. The van der Waals surface area contributed by atoms with Crippen molar-refractivity contribution in [3.63, 3.8) is 0 Å². The number of rotatable bonds is 5. The number of aryl methyl sites for hydroxylation is 1. The van der Waals surface area contributed by atoms with Crippen molar-refractivity contribution >= 4 is 5.82 Å². The molecule has 20 heavy (non-hydrogen) atoms. The monoisotopic (exact) mass is 282 g/mol. The number of hydrogen-bond acceptors (Lipinski definition) is 5. The van der Waals surface area contributed by atoms with Crippen molar-refractivity contribution < 1.29 is 9.13 Å². The van der Waals surface area contributed by atoms with E-state index >= 15 is 0 Å². The van der Waals surface area contributed by atoms with E-state index in [1.165, 1.54) is 0 Å². The molecule has 1 fully saturated rings. The Kier molecular flexibility index (Phi) is 5.25. The fraction of sp³-hybridized carbons (Fsp3) is 0.714. The van der Waals surface area contributed by atoms with Gasteiger partial charge < -0.3 is 10.1 Å². The second kappa shape index (κ2) is 6.95. The van der Waals surface area contributed by atoms with Crippen LogP contribution in [0.3, 0.4) is 0 Å². The molecule has 1 atom stereocenters. The molecule has 0 spiro atoms. The van der Waals surface area contributed by atoms with Crippen molar-refractivity contribution in [3.8, 4) is 0 Å². The van der Waals surface area contributed by atoms with Gasteiger partial charge in [-0.25, -0.2) is 14.4 Å². The molecule has 2 rings (SSSR count). The Morgan fingerprint density at radius 2 is 2.20 bits per heavy atom. The topological polar surface area (TPSA) is 50.3 Å². The van der Waals surface area contributed by atoms with Crippen LogP contribution in [0.25, 0.3) is 0 Å². The molecule has 1 N–H and O–H groups in total. The lowest BCUT2D eigenvalue weighted by atomic mass is 10.2. The number of morpholine rings is 1. The molecule has 0 aromatic carbocycles. The lowest BCUT2D eigenvalue weighted by Crippen LogP contribution is -2.39. The van der Waals surface area contributed by atoms with Gasteiger partial charge in [0.05, 0.1) is 12.3 Å². The van der Waals surface area contributed by atoms with Gasteiger partial charge in [-0.3, -0.25) is 4.90 Å². The van der Waals surface area contributed by atoms with E-state index in [2.05, 4.69) is 27.1 Å². The number of ether oxygens (including phenoxy) is 1. The van der Waals surface area contributed by atoms with Gasteiger partial charge in [-0.2, -0.15) is 0 Å². The molecule has 2 heterocycles. The van der Waals surface area contributed by atoms with Crippen molar-refractivity contribution in [1.82, 2.24) is 14.9 Å². The third-order valence-electron chi connectivity index (χ3n) is 3.36. The lowest BCUT2D eigenvalue weighted by molar-refractivity contribution is -0.0342. The Labute approximate surface area is 119 Å². The second-order valence-corrected chi connectivity index (χ2v) is 5.02. The number of nitrogens with one attached hydrogen (secondary N) is 1. The van der Waals surface area contributed by atoms with Gasteiger partial charge in [-0.1, -0.05) is 6.92 Å². The van der Waals surface area contributed by atoms with E-state index in [0.717, 1.165) is 26.1 Å². The summed E-state index contributed by atoms with van der Waals surface area (Å²) in [6, 6.07) is 0. The zero-order valence-corrected chi connectivity index (χ0v) is 12.4. The number of aromatic nitrogens is 2. The molecule has 0 amide bonds. The third kappa shape index (κ3) is 3.43. The van der Waals surface area contributed by atoms with Crippen LogP contribution in [-0.4, -0.2) is 47.7 Å². The summed E-state index contributed by atoms with van der Waals surface area (Å²) >= 11 is 0. The quantitative estimate of drug-likeness (QED) is 0.896. The molecule has 1 aliphatic heterocycles. The predicted molar refractivity (Wildman–Crippen MR) is 76.3 cm³/mol. The first-order valence-corrected chi connectivity index (χ1v) is 7.27. The van der Waals surface area contributed by atoms with Gasteiger partial charge in [0.2, 0.25) is 0 Å². The molecular weight excluding hydrogens is 259 g/mol. The highest BCUT2D eigenvalue weighted by Crippen LogP contribution is 2.23. The smallest absolute Gasteiger partial charge is 0.186 e. The summed E-state index contributed by atoms with van der Waals surface area (Å²) in [6.45, 7) is 9.77. The van der Waals surface area contributed by atoms with Crippen LogP contribution in [-0.2, 0) is 4.74 Å². The molecule has 1 aromatic heterocycles. The van der Waals surface area contributed by atoms with Gasteiger partial charge in [0, 0.05) is 19.6 Å². The molecule has 112 valence electrons. The van der Waals surface area contributed by atoms with E-state index in [4.69, 9.17) is 4.74 Å². The number of hydrogen-bond donors (Lipinski definition) is 1. The summed E-state index contributed by atoms with van der Waals surface area (Å²) in [5.41, 5.74) is 0.363. The Morgan fingerprint density at radius 3 is 2.90 bits per heavy atom. The summed E-state index contributed by atoms with van der Waals surface area (Å²) in [6.07, 6.45) is 0.936. The van der Waals surface area contributed by atoms with Crippen LogP contribution in [0.5, 0.6) is 0 Å². The molecule has 1 aliphatic rings. The van der Waals surface area contributed by atoms with Gasteiger partial charge in [0.15, 0.2) is 17.5 Å². The van der Waals surface area contributed by atoms with Gasteiger partial charge >= 0.3 is 0 Å². The summed E-state index contributed by atoms with van der Waals surface area (Å²) in [4.78, 5) is 10.9. The summed E-state index contributed by atoms with van der Waals surface area (Å²) in [5, 5.41) is 2.94. The maximum absolute atomic E-state index is 13.9. The lowest BCUT2D eigenvalue weighted by Gasteiger charge is -2.32. The largest absolute Gasteiger partial charge is 0.368 e. The zero-order valence-electron chi connectivity index (χ0n) is 12.4. The second-order valence-electron chi connectivity index (χ2n) is 5.02. The normalized spacial score (nSPS) is 20.1. The summed E-state index contributed by atoms with van der Waals surface area (Å²) < 4.78 is 19.6. The van der Waals surface area contributed by atoms with E-state index in [9.17, 15) is 4.39 Å². The van der Waals surface area contributed by atoms with Crippen LogP contribution < -0.4 is 5.32 Å². The van der Waals surface area contributed by atoms with Crippen molar-refractivity contribution in [1.29, 1.82) is 0 Å². The molecular formula is C14H23FN4O. The fourth-order valence-corrected chi connectivity index (χ4v) is 2.39. The highest BCUT2D eigenvalue weighted by atomic mass is 19.1. The molecule has 6 heteroatoms. The minimum Gasteiger partial charge on any atom is -0.368 e. The van der Waals surface area contributed by atoms with Crippen LogP contribution in [0, 0.1) is 12.7 Å². The van der Waals surface area contributed by atoms with Gasteiger partial charge in [0.25, 0.3) is 0 Å². The zero-order chi connectivity index (χ0) is 14.5. The van der Waals surface area contributed by atoms with Crippen molar-refractivity contribution in [2.75, 3.05) is 38.1 Å². The Balaban J connectivity index is 2.19. The molecule has 0 saturated carbocycles. The van der Waals surface area contributed by atoms with E-state index in [-0.39, 0.29) is 17.7 Å².